The Morgan fingerprint density at radius 2 is 2.25 bits per heavy atom. The normalized spacial score (nSPS) is 24.4. The molecule has 1 saturated carbocycles. The van der Waals surface area contributed by atoms with Crippen LogP contribution in [0.5, 0.6) is 0 Å². The quantitative estimate of drug-likeness (QED) is 0.834. The molecular weight excluding hydrogens is 289 g/mol. The monoisotopic (exact) mass is 301 g/mol. The van der Waals surface area contributed by atoms with Crippen molar-refractivity contribution < 1.29 is 4.79 Å². The van der Waals surface area contributed by atoms with Crippen molar-refractivity contribution >= 4 is 33.4 Å². The van der Waals surface area contributed by atoms with E-state index in [-0.39, 0.29) is 11.9 Å². The molecule has 2 nitrogen and oxygen atoms in total. The molecule has 4 heteroatoms. The lowest BCUT2D eigenvalue weighted by Gasteiger charge is -2.16. The van der Waals surface area contributed by atoms with Gasteiger partial charge in [0.25, 0.3) is 5.91 Å². The first kappa shape index (κ1) is 11.9. The summed E-state index contributed by atoms with van der Waals surface area (Å²) in [5.41, 5.74) is 0.624. The van der Waals surface area contributed by atoms with E-state index in [1.54, 1.807) is 24.3 Å². The second-order valence-corrected chi connectivity index (χ2v) is 5.65. The number of nitrogens with one attached hydrogen (secondary N) is 1. The van der Waals surface area contributed by atoms with Crippen LogP contribution in [0.1, 0.15) is 29.6 Å². The first-order chi connectivity index (χ1) is 7.66. The van der Waals surface area contributed by atoms with Crippen molar-refractivity contribution in [3.8, 4) is 0 Å². The number of halogens is 2. The van der Waals surface area contributed by atoms with Crippen LogP contribution in [0, 0.1) is 0 Å². The Morgan fingerprint density at radius 3 is 2.88 bits per heavy atom. The fraction of sp³-hybridized carbons (Fsp3) is 0.417. The maximum atomic E-state index is 11.9. The van der Waals surface area contributed by atoms with Crippen LogP contribution in [0.3, 0.4) is 0 Å². The number of hydrogen-bond donors (Lipinski definition) is 1. The molecule has 2 unspecified atom stereocenters. The van der Waals surface area contributed by atoms with Crippen LogP contribution in [-0.4, -0.2) is 16.8 Å². The first-order valence-electron chi connectivity index (χ1n) is 5.37. The number of amides is 1. The van der Waals surface area contributed by atoms with Crippen molar-refractivity contribution in [3.63, 3.8) is 0 Å². The van der Waals surface area contributed by atoms with E-state index in [1.165, 1.54) is 0 Å². The zero-order valence-corrected chi connectivity index (χ0v) is 11.1. The fourth-order valence-electron chi connectivity index (χ4n) is 1.96. The van der Waals surface area contributed by atoms with E-state index in [1.807, 2.05) is 0 Å². The fourth-order valence-corrected chi connectivity index (χ4v) is 2.87. The van der Waals surface area contributed by atoms with Gasteiger partial charge in [0.1, 0.15) is 0 Å². The Kier molecular flexibility index (Phi) is 3.87. The van der Waals surface area contributed by atoms with E-state index < -0.39 is 0 Å². The molecule has 0 heterocycles. The predicted octanol–water partition coefficient (Wildman–Crippen LogP) is 3.39. The number of hydrogen-bond acceptors (Lipinski definition) is 1. The molecule has 1 fully saturated rings. The van der Waals surface area contributed by atoms with Gasteiger partial charge >= 0.3 is 0 Å². The number of benzene rings is 1. The number of carbonyl (C=O) groups excluding carboxylic acids is 1. The number of rotatable bonds is 2. The Balaban J connectivity index is 2.03. The second kappa shape index (κ2) is 5.19. The third-order valence-corrected chi connectivity index (χ3v) is 4.17. The summed E-state index contributed by atoms with van der Waals surface area (Å²) < 4.78 is 0. The summed E-state index contributed by atoms with van der Waals surface area (Å²) in [6, 6.07) is 7.26. The molecule has 1 aliphatic carbocycles. The van der Waals surface area contributed by atoms with E-state index >= 15 is 0 Å². The molecule has 1 aliphatic rings. The molecule has 0 spiro atoms. The number of alkyl halides is 1. The van der Waals surface area contributed by atoms with E-state index in [0.29, 0.717) is 15.4 Å². The standard InChI is InChI=1S/C12H13BrClNO/c13-10-5-2-6-11(10)15-12(16)8-3-1-4-9(14)7-8/h1,3-4,7,10-11H,2,5-6H2,(H,15,16). The minimum Gasteiger partial charge on any atom is -0.348 e. The zero-order valence-electron chi connectivity index (χ0n) is 8.75. The molecular formula is C12H13BrClNO. The molecule has 0 saturated heterocycles. The maximum absolute atomic E-state index is 11.9. The summed E-state index contributed by atoms with van der Waals surface area (Å²) >= 11 is 9.42. The minimum absolute atomic E-state index is 0.0427. The highest BCUT2D eigenvalue weighted by Gasteiger charge is 2.26. The van der Waals surface area contributed by atoms with E-state index in [4.69, 9.17) is 11.6 Å². The lowest BCUT2D eigenvalue weighted by atomic mass is 10.2. The summed E-state index contributed by atoms with van der Waals surface area (Å²) in [7, 11) is 0. The van der Waals surface area contributed by atoms with Gasteiger partial charge in [-0.3, -0.25) is 4.79 Å². The summed E-state index contributed by atoms with van der Waals surface area (Å²) in [6.45, 7) is 0. The highest BCUT2D eigenvalue weighted by molar-refractivity contribution is 9.09. The summed E-state index contributed by atoms with van der Waals surface area (Å²) in [4.78, 5) is 12.3. The van der Waals surface area contributed by atoms with E-state index in [9.17, 15) is 4.79 Å². The molecule has 0 radical (unpaired) electrons. The van der Waals surface area contributed by atoms with Crippen molar-refractivity contribution in [3.05, 3.63) is 34.9 Å². The van der Waals surface area contributed by atoms with Gasteiger partial charge in [0.15, 0.2) is 0 Å². The lowest BCUT2D eigenvalue weighted by Crippen LogP contribution is -2.37. The van der Waals surface area contributed by atoms with Gasteiger partial charge in [-0.2, -0.15) is 0 Å². The van der Waals surface area contributed by atoms with Gasteiger partial charge < -0.3 is 5.32 Å². The molecule has 2 rings (SSSR count). The van der Waals surface area contributed by atoms with Crippen molar-refractivity contribution in [2.75, 3.05) is 0 Å². The van der Waals surface area contributed by atoms with E-state index in [0.717, 1.165) is 19.3 Å². The van der Waals surface area contributed by atoms with Gasteiger partial charge in [0, 0.05) is 21.5 Å². The highest BCUT2D eigenvalue weighted by Crippen LogP contribution is 2.25. The van der Waals surface area contributed by atoms with Crippen LogP contribution >= 0.6 is 27.5 Å². The van der Waals surface area contributed by atoms with Gasteiger partial charge in [0.2, 0.25) is 0 Å². The molecule has 0 aromatic heterocycles. The van der Waals surface area contributed by atoms with Gasteiger partial charge in [-0.1, -0.05) is 40.0 Å². The Morgan fingerprint density at radius 1 is 1.44 bits per heavy atom. The van der Waals surface area contributed by atoms with Crippen molar-refractivity contribution in [1.82, 2.24) is 5.32 Å². The van der Waals surface area contributed by atoms with Gasteiger partial charge in [-0.05, 0) is 31.0 Å². The predicted molar refractivity (Wildman–Crippen MR) is 69.3 cm³/mol. The molecule has 1 aromatic rings. The zero-order chi connectivity index (χ0) is 11.5. The van der Waals surface area contributed by atoms with Gasteiger partial charge in [0.05, 0.1) is 0 Å². The topological polar surface area (TPSA) is 29.1 Å². The van der Waals surface area contributed by atoms with Crippen molar-refractivity contribution in [2.24, 2.45) is 0 Å². The molecule has 1 aromatic carbocycles. The SMILES string of the molecule is O=C(NC1CCCC1Br)c1cccc(Cl)c1. The molecule has 0 bridgehead atoms. The van der Waals surface area contributed by atoms with Crippen molar-refractivity contribution in [2.45, 2.75) is 30.1 Å². The van der Waals surface area contributed by atoms with Crippen LogP contribution in [0.4, 0.5) is 0 Å². The summed E-state index contributed by atoms with van der Waals surface area (Å²) in [5.74, 6) is -0.0427. The average molecular weight is 303 g/mol. The molecule has 16 heavy (non-hydrogen) atoms. The van der Waals surface area contributed by atoms with Crippen LogP contribution in [0.15, 0.2) is 24.3 Å². The lowest BCUT2D eigenvalue weighted by molar-refractivity contribution is 0.0939. The minimum atomic E-state index is -0.0427. The van der Waals surface area contributed by atoms with Crippen molar-refractivity contribution in [1.29, 1.82) is 0 Å². The summed E-state index contributed by atoms with van der Waals surface area (Å²) in [6.07, 6.45) is 3.33. The number of carbonyl (C=O) groups is 1. The smallest absolute Gasteiger partial charge is 0.251 e. The van der Waals surface area contributed by atoms with Gasteiger partial charge in [-0.25, -0.2) is 0 Å². The Hall–Kier alpha value is -0.540. The Bertz CT molecular complexity index is 396. The van der Waals surface area contributed by atoms with Crippen LogP contribution in [0.25, 0.3) is 0 Å². The molecule has 86 valence electrons. The average Bonchev–Trinajstić information content (AvgIpc) is 2.64. The second-order valence-electron chi connectivity index (χ2n) is 4.04. The molecule has 1 N–H and O–H groups in total. The third kappa shape index (κ3) is 2.77. The largest absolute Gasteiger partial charge is 0.348 e. The van der Waals surface area contributed by atoms with Gasteiger partial charge in [-0.15, -0.1) is 0 Å². The van der Waals surface area contributed by atoms with Crippen LogP contribution < -0.4 is 5.32 Å². The highest BCUT2D eigenvalue weighted by atomic mass is 79.9. The molecule has 0 aliphatic heterocycles. The maximum Gasteiger partial charge on any atom is 0.251 e. The Labute approximate surface area is 108 Å². The third-order valence-electron chi connectivity index (χ3n) is 2.83. The van der Waals surface area contributed by atoms with Crippen LogP contribution in [-0.2, 0) is 0 Å². The van der Waals surface area contributed by atoms with E-state index in [2.05, 4.69) is 21.2 Å². The summed E-state index contributed by atoms with van der Waals surface area (Å²) in [5, 5.41) is 3.62. The molecule has 2 atom stereocenters. The van der Waals surface area contributed by atoms with Crippen LogP contribution in [0.2, 0.25) is 5.02 Å². The molecule has 1 amide bonds. The first-order valence-corrected chi connectivity index (χ1v) is 6.66.